The first kappa shape index (κ1) is 10.8. The summed E-state index contributed by atoms with van der Waals surface area (Å²) >= 11 is 1.77. The average Bonchev–Trinajstić information content (AvgIpc) is 2.99. The molecule has 0 amide bonds. The molecule has 94 valence electrons. The van der Waals surface area contributed by atoms with E-state index in [4.69, 9.17) is 0 Å². The fourth-order valence-electron chi connectivity index (χ4n) is 2.79. The molecule has 0 spiro atoms. The van der Waals surface area contributed by atoms with Crippen LogP contribution in [0.15, 0.2) is 24.3 Å². The first-order valence-electron chi connectivity index (χ1n) is 6.75. The van der Waals surface area contributed by atoms with Gasteiger partial charge in [0.25, 0.3) is 0 Å². The number of thiazole rings is 1. The number of hydrogen-bond donors (Lipinski definition) is 1. The number of hydrogen-bond acceptors (Lipinski definition) is 4. The van der Waals surface area contributed by atoms with Crippen LogP contribution in [0, 0.1) is 0 Å². The Balaban J connectivity index is 1.47. The number of benzene rings is 1. The van der Waals surface area contributed by atoms with E-state index in [0.717, 1.165) is 16.7 Å². The molecular formula is C14H17N3S. The number of rotatable bonds is 3. The second-order valence-corrected chi connectivity index (χ2v) is 6.37. The summed E-state index contributed by atoms with van der Waals surface area (Å²) in [6.07, 6.45) is 4.08. The molecule has 4 heteroatoms. The number of anilines is 1. The lowest BCUT2D eigenvalue weighted by Gasteiger charge is -2.15. The minimum atomic E-state index is 0.589. The van der Waals surface area contributed by atoms with Crippen molar-refractivity contribution in [2.24, 2.45) is 0 Å². The van der Waals surface area contributed by atoms with Crippen molar-refractivity contribution in [3.05, 3.63) is 24.3 Å². The monoisotopic (exact) mass is 259 g/mol. The SMILES string of the molecule is c1ccc2sc(N[C@H]3CCN(C4CC4)C3)nc2c1. The van der Waals surface area contributed by atoms with Gasteiger partial charge in [0, 0.05) is 25.2 Å². The maximum Gasteiger partial charge on any atom is 0.184 e. The summed E-state index contributed by atoms with van der Waals surface area (Å²) in [7, 11) is 0. The van der Waals surface area contributed by atoms with E-state index >= 15 is 0 Å². The smallest absolute Gasteiger partial charge is 0.184 e. The largest absolute Gasteiger partial charge is 0.357 e. The fraction of sp³-hybridized carbons (Fsp3) is 0.500. The molecule has 1 atom stereocenters. The van der Waals surface area contributed by atoms with Crippen LogP contribution >= 0.6 is 11.3 Å². The standard InChI is InChI=1S/C14H17N3S/c1-2-4-13-12(3-1)16-14(18-13)15-10-7-8-17(9-10)11-5-6-11/h1-4,10-11H,5-9H2,(H,15,16)/t10-/m0/s1. The van der Waals surface area contributed by atoms with E-state index in [0.29, 0.717) is 6.04 Å². The molecule has 1 aromatic heterocycles. The van der Waals surface area contributed by atoms with Gasteiger partial charge in [-0.2, -0.15) is 0 Å². The van der Waals surface area contributed by atoms with Gasteiger partial charge in [-0.05, 0) is 31.4 Å². The molecule has 2 fully saturated rings. The fourth-order valence-corrected chi connectivity index (χ4v) is 3.73. The number of nitrogens with one attached hydrogen (secondary N) is 1. The van der Waals surface area contributed by atoms with Crippen LogP contribution < -0.4 is 5.32 Å². The molecule has 3 nitrogen and oxygen atoms in total. The van der Waals surface area contributed by atoms with E-state index in [9.17, 15) is 0 Å². The number of aromatic nitrogens is 1. The predicted octanol–water partition coefficient (Wildman–Crippen LogP) is 2.94. The van der Waals surface area contributed by atoms with E-state index in [2.05, 4.69) is 39.5 Å². The zero-order valence-electron chi connectivity index (χ0n) is 10.3. The van der Waals surface area contributed by atoms with Crippen LogP contribution in [-0.4, -0.2) is 35.1 Å². The molecule has 1 saturated carbocycles. The Morgan fingerprint density at radius 1 is 1.22 bits per heavy atom. The zero-order chi connectivity index (χ0) is 11.9. The summed E-state index contributed by atoms with van der Waals surface area (Å²) in [5.41, 5.74) is 1.11. The molecule has 2 aromatic rings. The quantitative estimate of drug-likeness (QED) is 0.918. The van der Waals surface area contributed by atoms with E-state index in [1.807, 2.05) is 0 Å². The Hall–Kier alpha value is -1.13. The van der Waals surface area contributed by atoms with Crippen molar-refractivity contribution in [3.8, 4) is 0 Å². The van der Waals surface area contributed by atoms with Crippen molar-refractivity contribution in [2.75, 3.05) is 18.4 Å². The van der Waals surface area contributed by atoms with Gasteiger partial charge in [0.1, 0.15) is 0 Å². The molecule has 0 unspecified atom stereocenters. The highest BCUT2D eigenvalue weighted by molar-refractivity contribution is 7.22. The van der Waals surface area contributed by atoms with Crippen LogP contribution in [-0.2, 0) is 0 Å². The molecule has 1 aliphatic carbocycles. The van der Waals surface area contributed by atoms with E-state index in [1.165, 1.54) is 37.1 Å². The highest BCUT2D eigenvalue weighted by atomic mass is 32.1. The van der Waals surface area contributed by atoms with Crippen molar-refractivity contribution in [2.45, 2.75) is 31.3 Å². The topological polar surface area (TPSA) is 28.2 Å². The molecule has 1 N–H and O–H groups in total. The van der Waals surface area contributed by atoms with Crippen molar-refractivity contribution >= 4 is 26.7 Å². The first-order valence-corrected chi connectivity index (χ1v) is 7.56. The van der Waals surface area contributed by atoms with Crippen LogP contribution in [0.2, 0.25) is 0 Å². The maximum atomic E-state index is 4.65. The molecule has 1 saturated heterocycles. The number of nitrogens with zero attached hydrogens (tertiary/aromatic N) is 2. The van der Waals surface area contributed by atoms with Crippen molar-refractivity contribution in [3.63, 3.8) is 0 Å². The number of para-hydroxylation sites is 1. The number of likely N-dealkylation sites (tertiary alicyclic amines) is 1. The van der Waals surface area contributed by atoms with Crippen molar-refractivity contribution in [1.29, 1.82) is 0 Å². The van der Waals surface area contributed by atoms with Gasteiger partial charge < -0.3 is 5.32 Å². The summed E-state index contributed by atoms with van der Waals surface area (Å²) in [5.74, 6) is 0. The van der Waals surface area contributed by atoms with Crippen molar-refractivity contribution < 1.29 is 0 Å². The van der Waals surface area contributed by atoms with Gasteiger partial charge in [-0.3, -0.25) is 4.90 Å². The zero-order valence-corrected chi connectivity index (χ0v) is 11.1. The van der Waals surface area contributed by atoms with E-state index in [-0.39, 0.29) is 0 Å². The third-order valence-corrected chi connectivity index (χ3v) is 4.87. The lowest BCUT2D eigenvalue weighted by molar-refractivity contribution is 0.326. The predicted molar refractivity (Wildman–Crippen MR) is 76.2 cm³/mol. The summed E-state index contributed by atoms with van der Waals surface area (Å²) in [5, 5.41) is 4.69. The third-order valence-electron chi connectivity index (χ3n) is 3.90. The average molecular weight is 259 g/mol. The Labute approximate surface area is 111 Å². The Morgan fingerprint density at radius 3 is 2.94 bits per heavy atom. The molecule has 1 aliphatic heterocycles. The Bertz CT molecular complexity index is 528. The van der Waals surface area contributed by atoms with Gasteiger partial charge in [0.2, 0.25) is 0 Å². The van der Waals surface area contributed by atoms with Gasteiger partial charge in [-0.15, -0.1) is 0 Å². The minimum absolute atomic E-state index is 0.589. The summed E-state index contributed by atoms with van der Waals surface area (Å²) < 4.78 is 1.28. The van der Waals surface area contributed by atoms with E-state index < -0.39 is 0 Å². The lowest BCUT2D eigenvalue weighted by Crippen LogP contribution is -2.27. The van der Waals surface area contributed by atoms with Gasteiger partial charge in [0.05, 0.1) is 10.2 Å². The molecule has 0 radical (unpaired) electrons. The second kappa shape index (κ2) is 4.21. The second-order valence-electron chi connectivity index (χ2n) is 5.34. The third kappa shape index (κ3) is 1.99. The first-order chi connectivity index (χ1) is 8.88. The van der Waals surface area contributed by atoms with Gasteiger partial charge >= 0.3 is 0 Å². The van der Waals surface area contributed by atoms with Crippen LogP contribution in [0.1, 0.15) is 19.3 Å². The molecule has 2 heterocycles. The molecule has 0 bridgehead atoms. The van der Waals surface area contributed by atoms with Crippen LogP contribution in [0.3, 0.4) is 0 Å². The summed E-state index contributed by atoms with van der Waals surface area (Å²) in [6, 6.07) is 9.84. The van der Waals surface area contributed by atoms with Gasteiger partial charge in [-0.1, -0.05) is 23.5 Å². The highest BCUT2D eigenvalue weighted by Crippen LogP contribution is 2.32. The minimum Gasteiger partial charge on any atom is -0.357 e. The molecule has 4 rings (SSSR count). The molecular weight excluding hydrogens is 242 g/mol. The summed E-state index contributed by atoms with van der Waals surface area (Å²) in [4.78, 5) is 7.28. The highest BCUT2D eigenvalue weighted by Gasteiger charge is 2.34. The molecule has 18 heavy (non-hydrogen) atoms. The van der Waals surface area contributed by atoms with E-state index in [1.54, 1.807) is 11.3 Å². The van der Waals surface area contributed by atoms with Crippen LogP contribution in [0.4, 0.5) is 5.13 Å². The normalized spacial score (nSPS) is 24.8. The number of fused-ring (bicyclic) bond motifs is 1. The Morgan fingerprint density at radius 2 is 2.11 bits per heavy atom. The van der Waals surface area contributed by atoms with Gasteiger partial charge in [-0.25, -0.2) is 4.98 Å². The van der Waals surface area contributed by atoms with Crippen LogP contribution in [0.25, 0.3) is 10.2 Å². The van der Waals surface area contributed by atoms with Crippen LogP contribution in [0.5, 0.6) is 0 Å². The maximum absolute atomic E-state index is 4.65. The van der Waals surface area contributed by atoms with Gasteiger partial charge in [0.15, 0.2) is 5.13 Å². The molecule has 2 aliphatic rings. The lowest BCUT2D eigenvalue weighted by atomic mass is 10.3. The van der Waals surface area contributed by atoms with Crippen molar-refractivity contribution in [1.82, 2.24) is 9.88 Å². The summed E-state index contributed by atoms with van der Waals surface area (Å²) in [6.45, 7) is 2.45. The Kier molecular flexibility index (Phi) is 2.52. The molecule has 1 aromatic carbocycles.